The molecule has 0 bridgehead atoms. The number of esters is 1. The number of benzene rings is 2. The van der Waals surface area contributed by atoms with Gasteiger partial charge in [-0.3, -0.25) is 0 Å². The van der Waals surface area contributed by atoms with Crippen LogP contribution in [-0.2, 0) is 16.0 Å². The third-order valence-corrected chi connectivity index (χ3v) is 2.69. The van der Waals surface area contributed by atoms with Crippen molar-refractivity contribution in [3.05, 3.63) is 60.2 Å². The predicted molar refractivity (Wildman–Crippen MR) is 74.7 cm³/mol. The molecule has 20 heavy (non-hydrogen) atoms. The van der Waals surface area contributed by atoms with Crippen LogP contribution in [0.1, 0.15) is 5.56 Å². The second-order valence-electron chi connectivity index (χ2n) is 4.24. The third kappa shape index (κ3) is 4.65. The molecule has 4 nitrogen and oxygen atoms in total. The Morgan fingerprint density at radius 3 is 2.40 bits per heavy atom. The standard InChI is InChI=1S/C16H16O4/c17-14-6-8-15(9-7-14)20-12-16(18)19-11-10-13-4-2-1-3-5-13/h1-9,17H,10-12H2. The highest BCUT2D eigenvalue weighted by molar-refractivity contribution is 5.71. The lowest BCUT2D eigenvalue weighted by Crippen LogP contribution is -2.16. The lowest BCUT2D eigenvalue weighted by Gasteiger charge is -2.07. The molecule has 0 unspecified atom stereocenters. The summed E-state index contributed by atoms with van der Waals surface area (Å²) in [6.07, 6.45) is 0.686. The summed E-state index contributed by atoms with van der Waals surface area (Å²) >= 11 is 0. The van der Waals surface area contributed by atoms with Gasteiger partial charge >= 0.3 is 5.97 Å². The van der Waals surface area contributed by atoms with Crippen LogP contribution >= 0.6 is 0 Å². The van der Waals surface area contributed by atoms with Crippen molar-refractivity contribution in [2.75, 3.05) is 13.2 Å². The number of ether oxygens (including phenoxy) is 2. The molecule has 4 heteroatoms. The Morgan fingerprint density at radius 2 is 1.70 bits per heavy atom. The van der Waals surface area contributed by atoms with Crippen molar-refractivity contribution in [1.29, 1.82) is 0 Å². The summed E-state index contributed by atoms with van der Waals surface area (Å²) in [4.78, 5) is 11.5. The maximum atomic E-state index is 11.5. The minimum Gasteiger partial charge on any atom is -0.508 e. The SMILES string of the molecule is O=C(COc1ccc(O)cc1)OCCc1ccccc1. The molecule has 2 aromatic rings. The molecule has 1 N–H and O–H groups in total. The second-order valence-corrected chi connectivity index (χ2v) is 4.24. The average Bonchev–Trinajstić information content (AvgIpc) is 2.48. The van der Waals surface area contributed by atoms with Gasteiger partial charge in [0.1, 0.15) is 11.5 Å². The van der Waals surface area contributed by atoms with Crippen LogP contribution in [0.25, 0.3) is 0 Å². The van der Waals surface area contributed by atoms with Crippen LogP contribution in [0.4, 0.5) is 0 Å². The number of phenolic OH excluding ortho intramolecular Hbond substituents is 1. The summed E-state index contributed by atoms with van der Waals surface area (Å²) in [6.45, 7) is 0.196. The first-order chi connectivity index (χ1) is 9.74. The van der Waals surface area contributed by atoms with Gasteiger partial charge in [0.2, 0.25) is 0 Å². The molecule has 0 spiro atoms. The molecular weight excluding hydrogens is 256 g/mol. The molecular formula is C16H16O4. The van der Waals surface area contributed by atoms with Crippen LogP contribution in [-0.4, -0.2) is 24.3 Å². The Hall–Kier alpha value is -2.49. The zero-order chi connectivity index (χ0) is 14.2. The van der Waals surface area contributed by atoms with Crippen LogP contribution in [0.2, 0.25) is 0 Å². The average molecular weight is 272 g/mol. The molecule has 0 aromatic heterocycles. The zero-order valence-corrected chi connectivity index (χ0v) is 11.0. The molecule has 0 amide bonds. The molecule has 0 saturated heterocycles. The largest absolute Gasteiger partial charge is 0.508 e. The number of hydrogen-bond donors (Lipinski definition) is 1. The Balaban J connectivity index is 1.67. The summed E-state index contributed by atoms with van der Waals surface area (Å²) < 4.78 is 10.3. The van der Waals surface area contributed by atoms with Gasteiger partial charge < -0.3 is 14.6 Å². The van der Waals surface area contributed by atoms with Crippen LogP contribution in [0.3, 0.4) is 0 Å². The molecule has 0 atom stereocenters. The zero-order valence-electron chi connectivity index (χ0n) is 11.0. The van der Waals surface area contributed by atoms with Crippen LogP contribution in [0.15, 0.2) is 54.6 Å². The molecule has 0 saturated carbocycles. The predicted octanol–water partition coefficient (Wildman–Crippen LogP) is 2.56. The summed E-state index contributed by atoms with van der Waals surface area (Å²) in [5.74, 6) is 0.264. The van der Waals surface area contributed by atoms with Crippen molar-refractivity contribution in [2.24, 2.45) is 0 Å². The highest BCUT2D eigenvalue weighted by atomic mass is 16.6. The van der Waals surface area contributed by atoms with Crippen molar-refractivity contribution >= 4 is 5.97 Å². The Morgan fingerprint density at radius 1 is 1.00 bits per heavy atom. The summed E-state index contributed by atoms with van der Waals surface area (Å²) in [5, 5.41) is 9.11. The number of aromatic hydroxyl groups is 1. The first-order valence-electron chi connectivity index (χ1n) is 6.35. The maximum Gasteiger partial charge on any atom is 0.344 e. The van der Waals surface area contributed by atoms with Crippen LogP contribution in [0, 0.1) is 0 Å². The number of rotatable bonds is 6. The second kappa shape index (κ2) is 7.19. The van der Waals surface area contributed by atoms with Gasteiger partial charge in [-0.15, -0.1) is 0 Å². The molecule has 0 radical (unpaired) electrons. The molecule has 0 aliphatic rings. The van der Waals surface area contributed by atoms with E-state index in [0.717, 1.165) is 5.56 Å². The molecule has 2 rings (SSSR count). The van der Waals surface area contributed by atoms with E-state index in [0.29, 0.717) is 18.8 Å². The highest BCUT2D eigenvalue weighted by Crippen LogP contribution is 2.15. The minimum absolute atomic E-state index is 0.139. The number of carbonyl (C=O) groups excluding carboxylic acids is 1. The molecule has 0 heterocycles. The van der Waals surface area contributed by atoms with E-state index in [1.165, 1.54) is 12.1 Å². The summed E-state index contributed by atoms with van der Waals surface area (Å²) in [5.41, 5.74) is 1.12. The first-order valence-corrected chi connectivity index (χ1v) is 6.35. The topological polar surface area (TPSA) is 55.8 Å². The van der Waals surface area contributed by atoms with Gasteiger partial charge in [0.25, 0.3) is 0 Å². The van der Waals surface area contributed by atoms with E-state index in [2.05, 4.69) is 0 Å². The summed E-state index contributed by atoms with van der Waals surface area (Å²) in [6, 6.07) is 16.0. The lowest BCUT2D eigenvalue weighted by atomic mass is 10.2. The molecule has 0 aliphatic carbocycles. The van der Waals surface area contributed by atoms with Crippen molar-refractivity contribution < 1.29 is 19.4 Å². The van der Waals surface area contributed by atoms with Crippen molar-refractivity contribution in [2.45, 2.75) is 6.42 Å². The number of phenols is 1. The third-order valence-electron chi connectivity index (χ3n) is 2.69. The molecule has 104 valence electrons. The molecule has 2 aromatic carbocycles. The number of hydrogen-bond acceptors (Lipinski definition) is 4. The van der Waals surface area contributed by atoms with Crippen molar-refractivity contribution in [3.8, 4) is 11.5 Å². The Labute approximate surface area is 117 Å². The Kier molecular flexibility index (Phi) is 5.00. The van der Waals surface area contributed by atoms with Gasteiger partial charge in [-0.1, -0.05) is 30.3 Å². The minimum atomic E-state index is -0.408. The number of carbonyl (C=O) groups is 1. The van der Waals surface area contributed by atoms with E-state index in [1.54, 1.807) is 12.1 Å². The van der Waals surface area contributed by atoms with E-state index in [1.807, 2.05) is 30.3 Å². The van der Waals surface area contributed by atoms with Gasteiger partial charge in [0.05, 0.1) is 6.61 Å². The van der Waals surface area contributed by atoms with Crippen molar-refractivity contribution in [3.63, 3.8) is 0 Å². The molecule has 0 fully saturated rings. The van der Waals surface area contributed by atoms with E-state index in [-0.39, 0.29) is 12.4 Å². The quantitative estimate of drug-likeness (QED) is 0.821. The van der Waals surface area contributed by atoms with Gasteiger partial charge in [-0.2, -0.15) is 0 Å². The van der Waals surface area contributed by atoms with Gasteiger partial charge in [0, 0.05) is 6.42 Å². The van der Waals surface area contributed by atoms with Gasteiger partial charge in [-0.25, -0.2) is 4.79 Å². The monoisotopic (exact) mass is 272 g/mol. The van der Waals surface area contributed by atoms with Crippen LogP contribution in [0.5, 0.6) is 11.5 Å². The first kappa shape index (κ1) is 13.9. The fourth-order valence-corrected chi connectivity index (χ4v) is 1.65. The fourth-order valence-electron chi connectivity index (χ4n) is 1.65. The van der Waals surface area contributed by atoms with E-state index < -0.39 is 5.97 Å². The Bertz CT molecular complexity index is 534. The normalized spacial score (nSPS) is 10.0. The van der Waals surface area contributed by atoms with Gasteiger partial charge in [0.15, 0.2) is 6.61 Å². The van der Waals surface area contributed by atoms with E-state index in [9.17, 15) is 4.79 Å². The van der Waals surface area contributed by atoms with E-state index >= 15 is 0 Å². The highest BCUT2D eigenvalue weighted by Gasteiger charge is 2.04. The smallest absolute Gasteiger partial charge is 0.344 e. The van der Waals surface area contributed by atoms with Gasteiger partial charge in [-0.05, 0) is 29.8 Å². The van der Waals surface area contributed by atoms with Crippen molar-refractivity contribution in [1.82, 2.24) is 0 Å². The summed E-state index contributed by atoms with van der Waals surface area (Å²) in [7, 11) is 0. The molecule has 0 aliphatic heterocycles. The lowest BCUT2D eigenvalue weighted by molar-refractivity contribution is -0.145. The maximum absolute atomic E-state index is 11.5. The fraction of sp³-hybridized carbons (Fsp3) is 0.188. The van der Waals surface area contributed by atoms with Crippen LogP contribution < -0.4 is 4.74 Å². The van der Waals surface area contributed by atoms with E-state index in [4.69, 9.17) is 14.6 Å².